The summed E-state index contributed by atoms with van der Waals surface area (Å²) >= 11 is 6.06. The van der Waals surface area contributed by atoms with Crippen molar-refractivity contribution in [2.45, 2.75) is 18.7 Å². The van der Waals surface area contributed by atoms with Gasteiger partial charge >= 0.3 is 0 Å². The number of aryl methyl sites for hydroxylation is 1. The van der Waals surface area contributed by atoms with Gasteiger partial charge in [0.05, 0.1) is 32.7 Å². The number of aromatic nitrogens is 2. The van der Waals surface area contributed by atoms with Gasteiger partial charge in [-0.3, -0.25) is 0 Å². The first-order valence-electron chi connectivity index (χ1n) is 5.36. The van der Waals surface area contributed by atoms with Crippen molar-refractivity contribution in [3.8, 4) is 5.69 Å². The van der Waals surface area contributed by atoms with Crippen LogP contribution >= 0.6 is 11.6 Å². The Morgan fingerprint density at radius 2 is 1.95 bits per heavy atom. The number of nitrogens with zero attached hydrogens (tertiary/aromatic N) is 2. The van der Waals surface area contributed by atoms with Crippen molar-refractivity contribution < 1.29 is 8.42 Å². The third-order valence-corrected chi connectivity index (χ3v) is 4.22. The molecule has 0 aliphatic rings. The Balaban J connectivity index is 2.71. The average molecular weight is 301 g/mol. The van der Waals surface area contributed by atoms with Gasteiger partial charge in [0.2, 0.25) is 10.0 Å². The maximum atomic E-state index is 11.4. The molecule has 0 fully saturated rings. The SMILES string of the molecule is Cc1nn(-c2cc(S(N)(=O)=O)ccc2N)c(C)c1Cl. The van der Waals surface area contributed by atoms with E-state index in [9.17, 15) is 8.42 Å². The Morgan fingerprint density at radius 1 is 1.32 bits per heavy atom. The van der Waals surface area contributed by atoms with Gasteiger partial charge in [0, 0.05) is 0 Å². The van der Waals surface area contributed by atoms with Crippen molar-refractivity contribution in [3.63, 3.8) is 0 Å². The topological polar surface area (TPSA) is 104 Å². The maximum absolute atomic E-state index is 11.4. The molecule has 0 saturated heterocycles. The van der Waals surface area contributed by atoms with Crippen molar-refractivity contribution in [2.24, 2.45) is 5.14 Å². The lowest BCUT2D eigenvalue weighted by atomic mass is 10.2. The van der Waals surface area contributed by atoms with E-state index in [0.717, 1.165) is 0 Å². The zero-order chi connectivity index (χ0) is 14.4. The first-order valence-corrected chi connectivity index (χ1v) is 7.28. The molecule has 0 saturated carbocycles. The monoisotopic (exact) mass is 300 g/mol. The predicted octanol–water partition coefficient (Wildman–Crippen LogP) is 1.37. The van der Waals surface area contributed by atoms with Gasteiger partial charge in [-0.2, -0.15) is 5.10 Å². The molecule has 2 aromatic rings. The Labute approximate surface area is 116 Å². The molecule has 0 aliphatic carbocycles. The minimum atomic E-state index is -3.80. The molecule has 0 unspecified atom stereocenters. The van der Waals surface area contributed by atoms with Crippen LogP contribution in [0.2, 0.25) is 5.02 Å². The van der Waals surface area contributed by atoms with E-state index in [4.69, 9.17) is 22.5 Å². The summed E-state index contributed by atoms with van der Waals surface area (Å²) in [4.78, 5) is -0.0274. The molecule has 2 rings (SSSR count). The van der Waals surface area contributed by atoms with Gasteiger partial charge in [-0.15, -0.1) is 0 Å². The molecule has 1 aromatic heterocycles. The van der Waals surface area contributed by atoms with E-state index in [-0.39, 0.29) is 4.90 Å². The van der Waals surface area contributed by atoms with Crippen molar-refractivity contribution in [1.29, 1.82) is 0 Å². The summed E-state index contributed by atoms with van der Waals surface area (Å²) in [5.74, 6) is 0. The average Bonchev–Trinajstić information content (AvgIpc) is 2.56. The number of rotatable bonds is 2. The van der Waals surface area contributed by atoms with E-state index in [1.165, 1.54) is 22.9 Å². The van der Waals surface area contributed by atoms with Crippen LogP contribution in [0.3, 0.4) is 0 Å². The molecule has 0 radical (unpaired) electrons. The second-order valence-corrected chi connectivity index (χ2v) is 6.10. The normalized spacial score (nSPS) is 11.8. The van der Waals surface area contributed by atoms with E-state index in [1.807, 2.05) is 0 Å². The predicted molar refractivity (Wildman–Crippen MR) is 73.8 cm³/mol. The summed E-state index contributed by atoms with van der Waals surface area (Å²) in [6.07, 6.45) is 0. The number of benzene rings is 1. The lowest BCUT2D eigenvalue weighted by Crippen LogP contribution is -2.13. The van der Waals surface area contributed by atoms with Crippen molar-refractivity contribution in [3.05, 3.63) is 34.6 Å². The third-order valence-electron chi connectivity index (χ3n) is 2.76. The Kier molecular flexibility index (Phi) is 3.29. The number of halogens is 1. The van der Waals surface area contributed by atoms with Crippen LogP contribution in [0, 0.1) is 13.8 Å². The molecule has 0 aliphatic heterocycles. The fourth-order valence-corrected chi connectivity index (χ4v) is 2.39. The van der Waals surface area contributed by atoms with Crippen LogP contribution in [0.25, 0.3) is 5.69 Å². The van der Waals surface area contributed by atoms with Crippen LogP contribution in [-0.2, 0) is 10.0 Å². The van der Waals surface area contributed by atoms with Crippen LogP contribution in [0.15, 0.2) is 23.1 Å². The number of hydrogen-bond donors (Lipinski definition) is 2. The van der Waals surface area contributed by atoms with Gasteiger partial charge in [-0.1, -0.05) is 11.6 Å². The molecule has 0 spiro atoms. The minimum Gasteiger partial charge on any atom is -0.397 e. The van der Waals surface area contributed by atoms with Crippen LogP contribution in [0.5, 0.6) is 0 Å². The van der Waals surface area contributed by atoms with Gasteiger partial charge in [0.15, 0.2) is 0 Å². The quantitative estimate of drug-likeness (QED) is 0.817. The van der Waals surface area contributed by atoms with Crippen molar-refractivity contribution >= 4 is 27.3 Å². The molecule has 6 nitrogen and oxygen atoms in total. The van der Waals surface area contributed by atoms with E-state index in [0.29, 0.717) is 27.8 Å². The van der Waals surface area contributed by atoms with Crippen LogP contribution in [-0.4, -0.2) is 18.2 Å². The maximum Gasteiger partial charge on any atom is 0.238 e. The first-order chi connectivity index (χ1) is 8.71. The summed E-state index contributed by atoms with van der Waals surface area (Å²) in [5.41, 5.74) is 7.98. The van der Waals surface area contributed by atoms with Gasteiger partial charge in [-0.05, 0) is 32.0 Å². The molecule has 8 heteroatoms. The van der Waals surface area contributed by atoms with E-state index in [1.54, 1.807) is 13.8 Å². The number of nitrogen functional groups attached to an aromatic ring is 1. The largest absolute Gasteiger partial charge is 0.397 e. The van der Waals surface area contributed by atoms with E-state index in [2.05, 4.69) is 5.10 Å². The zero-order valence-corrected chi connectivity index (χ0v) is 12.0. The van der Waals surface area contributed by atoms with Crippen molar-refractivity contribution in [1.82, 2.24) is 9.78 Å². The van der Waals surface area contributed by atoms with Crippen LogP contribution < -0.4 is 10.9 Å². The summed E-state index contributed by atoms with van der Waals surface area (Å²) in [6, 6.07) is 4.20. The lowest BCUT2D eigenvalue weighted by Gasteiger charge is -2.09. The number of nitrogens with two attached hydrogens (primary N) is 2. The summed E-state index contributed by atoms with van der Waals surface area (Å²) in [5, 5.41) is 9.85. The number of hydrogen-bond acceptors (Lipinski definition) is 4. The summed E-state index contributed by atoms with van der Waals surface area (Å²) in [6.45, 7) is 3.52. The highest BCUT2D eigenvalue weighted by molar-refractivity contribution is 7.89. The first kappa shape index (κ1) is 13.9. The Morgan fingerprint density at radius 3 is 2.42 bits per heavy atom. The smallest absolute Gasteiger partial charge is 0.238 e. The molecule has 0 bridgehead atoms. The fourth-order valence-electron chi connectivity index (χ4n) is 1.74. The van der Waals surface area contributed by atoms with Gasteiger partial charge < -0.3 is 5.73 Å². The highest BCUT2D eigenvalue weighted by Crippen LogP contribution is 2.26. The molecular weight excluding hydrogens is 288 g/mol. The highest BCUT2D eigenvalue weighted by atomic mass is 35.5. The van der Waals surface area contributed by atoms with Gasteiger partial charge in [-0.25, -0.2) is 18.2 Å². The highest BCUT2D eigenvalue weighted by Gasteiger charge is 2.16. The molecule has 0 amide bonds. The summed E-state index contributed by atoms with van der Waals surface area (Å²) < 4.78 is 24.2. The zero-order valence-electron chi connectivity index (χ0n) is 10.4. The van der Waals surface area contributed by atoms with Crippen molar-refractivity contribution in [2.75, 3.05) is 5.73 Å². The molecule has 4 N–H and O–H groups in total. The van der Waals surface area contributed by atoms with Crippen LogP contribution in [0.4, 0.5) is 5.69 Å². The van der Waals surface area contributed by atoms with Crippen LogP contribution in [0.1, 0.15) is 11.4 Å². The standard InChI is InChI=1S/C11H13ClN4O2S/c1-6-11(12)7(2)16(15-6)10-5-8(19(14,17)18)3-4-9(10)13/h3-5H,13H2,1-2H3,(H2,14,17,18). The second kappa shape index (κ2) is 4.52. The number of anilines is 1. The minimum absolute atomic E-state index is 0.0274. The Bertz CT molecular complexity index is 752. The summed E-state index contributed by atoms with van der Waals surface area (Å²) in [7, 11) is -3.80. The molecule has 1 aromatic carbocycles. The molecule has 19 heavy (non-hydrogen) atoms. The third kappa shape index (κ3) is 2.44. The lowest BCUT2D eigenvalue weighted by molar-refractivity contribution is 0.597. The molecule has 0 atom stereocenters. The Hall–Kier alpha value is -1.57. The number of primary sulfonamides is 1. The van der Waals surface area contributed by atoms with E-state index >= 15 is 0 Å². The van der Waals surface area contributed by atoms with Gasteiger partial charge in [0.1, 0.15) is 0 Å². The van der Waals surface area contributed by atoms with Gasteiger partial charge in [0.25, 0.3) is 0 Å². The second-order valence-electron chi connectivity index (χ2n) is 4.16. The molecule has 102 valence electrons. The fraction of sp³-hybridized carbons (Fsp3) is 0.182. The van der Waals surface area contributed by atoms with E-state index < -0.39 is 10.0 Å². The number of sulfonamides is 1. The molecule has 1 heterocycles. The molecular formula is C11H13ClN4O2S.